The lowest BCUT2D eigenvalue weighted by Gasteiger charge is -2.08. The summed E-state index contributed by atoms with van der Waals surface area (Å²) in [6.07, 6.45) is 0.0753. The molecule has 2 aromatic heterocycles. The summed E-state index contributed by atoms with van der Waals surface area (Å²) in [7, 11) is 1.32. The Labute approximate surface area is 181 Å². The number of nitrogens with zero attached hydrogens (tertiary/aromatic N) is 3. The number of aromatic nitrogens is 3. The fraction of sp³-hybridized carbons (Fsp3) is 0.238. The van der Waals surface area contributed by atoms with Crippen molar-refractivity contribution in [2.45, 2.75) is 19.1 Å². The normalized spacial score (nSPS) is 11.1. The van der Waals surface area contributed by atoms with Gasteiger partial charge in [-0.25, -0.2) is 4.68 Å². The standard InChI is InChI=1S/C21H20F3N5O3/c1-32-17-13-29(16-4-2-3-15(11-16)21(22,23)24)28-19(17)20(31)26-10-7-18(30)27-12-14-5-8-25-9-6-14/h2-6,8-9,11,13H,7,10,12H2,1H3,(H,26,31)(H,27,30). The Morgan fingerprint density at radius 2 is 1.88 bits per heavy atom. The molecule has 3 aromatic rings. The molecule has 0 bridgehead atoms. The van der Waals surface area contributed by atoms with Crippen molar-refractivity contribution in [1.29, 1.82) is 0 Å². The Balaban J connectivity index is 1.60. The van der Waals surface area contributed by atoms with Crippen molar-refractivity contribution in [2.75, 3.05) is 13.7 Å². The second-order valence-electron chi connectivity index (χ2n) is 6.68. The highest BCUT2D eigenvalue weighted by atomic mass is 19.4. The van der Waals surface area contributed by atoms with Gasteiger partial charge in [0.05, 0.1) is 24.6 Å². The van der Waals surface area contributed by atoms with E-state index in [9.17, 15) is 22.8 Å². The third-order valence-corrected chi connectivity index (χ3v) is 4.43. The van der Waals surface area contributed by atoms with Gasteiger partial charge in [0, 0.05) is 31.9 Å². The summed E-state index contributed by atoms with van der Waals surface area (Å²) in [6, 6.07) is 8.08. The monoisotopic (exact) mass is 447 g/mol. The SMILES string of the molecule is COc1cn(-c2cccc(C(F)(F)F)c2)nc1C(=O)NCCC(=O)NCc1ccncc1. The minimum Gasteiger partial charge on any atom is -0.493 e. The van der Waals surface area contributed by atoms with Crippen molar-refractivity contribution < 1.29 is 27.5 Å². The zero-order valence-corrected chi connectivity index (χ0v) is 17.0. The van der Waals surface area contributed by atoms with Crippen LogP contribution in [0.15, 0.2) is 55.0 Å². The molecule has 0 saturated heterocycles. The van der Waals surface area contributed by atoms with Crippen LogP contribution in [0.25, 0.3) is 5.69 Å². The Bertz CT molecular complexity index is 1080. The molecule has 0 radical (unpaired) electrons. The molecule has 8 nitrogen and oxygen atoms in total. The molecule has 32 heavy (non-hydrogen) atoms. The summed E-state index contributed by atoms with van der Waals surface area (Å²) in [5.74, 6) is -0.792. The Hall–Kier alpha value is -3.89. The van der Waals surface area contributed by atoms with Crippen molar-refractivity contribution in [3.05, 3.63) is 71.8 Å². The molecule has 2 N–H and O–H groups in total. The predicted octanol–water partition coefficient (Wildman–Crippen LogP) is 2.73. The highest BCUT2D eigenvalue weighted by Crippen LogP contribution is 2.30. The molecule has 0 unspecified atom stereocenters. The van der Waals surface area contributed by atoms with E-state index < -0.39 is 17.6 Å². The summed E-state index contributed by atoms with van der Waals surface area (Å²) in [6.45, 7) is 0.380. The molecule has 0 spiro atoms. The van der Waals surface area contributed by atoms with Gasteiger partial charge in [-0.3, -0.25) is 14.6 Å². The number of nitrogens with one attached hydrogen (secondary N) is 2. The van der Waals surface area contributed by atoms with Crippen LogP contribution in [0, 0.1) is 0 Å². The zero-order chi connectivity index (χ0) is 23.1. The Morgan fingerprint density at radius 1 is 1.12 bits per heavy atom. The highest BCUT2D eigenvalue weighted by molar-refractivity contribution is 5.95. The second-order valence-corrected chi connectivity index (χ2v) is 6.68. The van der Waals surface area contributed by atoms with Crippen molar-refractivity contribution in [2.24, 2.45) is 0 Å². The minimum atomic E-state index is -4.51. The molecule has 11 heteroatoms. The first-order chi connectivity index (χ1) is 15.3. The predicted molar refractivity (Wildman–Crippen MR) is 108 cm³/mol. The summed E-state index contributed by atoms with van der Waals surface area (Å²) in [5, 5.41) is 9.34. The number of alkyl halides is 3. The number of methoxy groups -OCH3 is 1. The third-order valence-electron chi connectivity index (χ3n) is 4.43. The number of carbonyl (C=O) groups excluding carboxylic acids is 2. The van der Waals surface area contributed by atoms with Gasteiger partial charge in [0.15, 0.2) is 11.4 Å². The summed E-state index contributed by atoms with van der Waals surface area (Å²) < 4.78 is 45.2. The maximum atomic E-state index is 13.0. The molecule has 0 aliphatic rings. The number of rotatable bonds is 8. The van der Waals surface area contributed by atoms with E-state index in [0.29, 0.717) is 6.54 Å². The van der Waals surface area contributed by atoms with Crippen LogP contribution in [-0.2, 0) is 17.5 Å². The van der Waals surface area contributed by atoms with E-state index in [1.165, 1.54) is 25.4 Å². The van der Waals surface area contributed by atoms with Gasteiger partial charge in [0.25, 0.3) is 5.91 Å². The molecule has 2 heterocycles. The van der Waals surface area contributed by atoms with Gasteiger partial charge in [-0.05, 0) is 35.9 Å². The van der Waals surface area contributed by atoms with E-state index in [2.05, 4.69) is 20.7 Å². The number of amides is 2. The average Bonchev–Trinajstić information content (AvgIpc) is 3.22. The van der Waals surface area contributed by atoms with Gasteiger partial charge in [0.2, 0.25) is 5.91 Å². The van der Waals surface area contributed by atoms with Gasteiger partial charge >= 0.3 is 6.18 Å². The molecule has 168 valence electrons. The fourth-order valence-electron chi connectivity index (χ4n) is 2.78. The lowest BCUT2D eigenvalue weighted by Crippen LogP contribution is -2.31. The van der Waals surface area contributed by atoms with Gasteiger partial charge in [0.1, 0.15) is 0 Å². The van der Waals surface area contributed by atoms with E-state index in [1.807, 2.05) is 0 Å². The first kappa shape index (κ1) is 22.8. The number of pyridine rings is 1. The van der Waals surface area contributed by atoms with E-state index in [4.69, 9.17) is 4.74 Å². The Morgan fingerprint density at radius 3 is 2.56 bits per heavy atom. The number of hydrogen-bond acceptors (Lipinski definition) is 5. The molecule has 0 saturated carbocycles. The second kappa shape index (κ2) is 9.94. The summed E-state index contributed by atoms with van der Waals surface area (Å²) in [5.41, 5.74) is 0.0604. The van der Waals surface area contributed by atoms with Crippen LogP contribution < -0.4 is 15.4 Å². The molecule has 2 amide bonds. The lowest BCUT2D eigenvalue weighted by molar-refractivity contribution is -0.137. The number of halogens is 3. The third kappa shape index (κ3) is 5.84. The molecule has 0 fully saturated rings. The molecule has 0 aliphatic carbocycles. The van der Waals surface area contributed by atoms with E-state index in [1.54, 1.807) is 24.5 Å². The largest absolute Gasteiger partial charge is 0.493 e. The topological polar surface area (TPSA) is 98.1 Å². The molecular weight excluding hydrogens is 427 g/mol. The number of ether oxygens (including phenoxy) is 1. The number of carbonyl (C=O) groups is 2. The minimum absolute atomic E-state index is 0.0352. The number of hydrogen-bond donors (Lipinski definition) is 2. The molecule has 0 aliphatic heterocycles. The van der Waals surface area contributed by atoms with Crippen molar-refractivity contribution in [1.82, 2.24) is 25.4 Å². The highest BCUT2D eigenvalue weighted by Gasteiger charge is 2.30. The van der Waals surface area contributed by atoms with Crippen LogP contribution in [0.3, 0.4) is 0 Å². The lowest BCUT2D eigenvalue weighted by atomic mass is 10.2. The average molecular weight is 447 g/mol. The van der Waals surface area contributed by atoms with Crippen LogP contribution in [0.2, 0.25) is 0 Å². The Kier molecular flexibility index (Phi) is 7.08. The molecule has 1 aromatic carbocycles. The fourth-order valence-corrected chi connectivity index (χ4v) is 2.78. The van der Waals surface area contributed by atoms with Crippen LogP contribution in [0.5, 0.6) is 5.75 Å². The van der Waals surface area contributed by atoms with Crippen LogP contribution >= 0.6 is 0 Å². The van der Waals surface area contributed by atoms with Crippen molar-refractivity contribution in [3.63, 3.8) is 0 Å². The van der Waals surface area contributed by atoms with Gasteiger partial charge in [-0.1, -0.05) is 6.07 Å². The van der Waals surface area contributed by atoms with Crippen LogP contribution in [-0.4, -0.2) is 40.2 Å². The first-order valence-electron chi connectivity index (χ1n) is 9.53. The van der Waals surface area contributed by atoms with Gasteiger partial charge in [-0.2, -0.15) is 18.3 Å². The van der Waals surface area contributed by atoms with E-state index in [0.717, 1.165) is 22.4 Å². The van der Waals surface area contributed by atoms with Crippen molar-refractivity contribution >= 4 is 11.8 Å². The van der Waals surface area contributed by atoms with E-state index in [-0.39, 0.29) is 36.0 Å². The number of benzene rings is 1. The quantitative estimate of drug-likeness (QED) is 0.554. The molecule has 0 atom stereocenters. The maximum absolute atomic E-state index is 13.0. The van der Waals surface area contributed by atoms with E-state index >= 15 is 0 Å². The van der Waals surface area contributed by atoms with Gasteiger partial charge < -0.3 is 15.4 Å². The van der Waals surface area contributed by atoms with Crippen LogP contribution in [0.4, 0.5) is 13.2 Å². The summed E-state index contributed by atoms with van der Waals surface area (Å²) in [4.78, 5) is 28.3. The first-order valence-corrected chi connectivity index (χ1v) is 9.53. The summed E-state index contributed by atoms with van der Waals surface area (Å²) >= 11 is 0. The molecule has 3 rings (SSSR count). The smallest absolute Gasteiger partial charge is 0.416 e. The van der Waals surface area contributed by atoms with Crippen molar-refractivity contribution in [3.8, 4) is 11.4 Å². The maximum Gasteiger partial charge on any atom is 0.416 e. The van der Waals surface area contributed by atoms with Crippen LogP contribution in [0.1, 0.15) is 28.0 Å². The van der Waals surface area contributed by atoms with Gasteiger partial charge in [-0.15, -0.1) is 0 Å². The molecular formula is C21H20F3N5O3. The zero-order valence-electron chi connectivity index (χ0n) is 17.0.